The van der Waals surface area contributed by atoms with E-state index in [4.69, 9.17) is 0 Å². The maximum atomic E-state index is 0. The van der Waals surface area contributed by atoms with Gasteiger partial charge in [0.05, 0.1) is 0 Å². The molecule has 8 valence electrons. The monoisotopic (exact) mass is 229 g/mol. The average molecular weight is 229 g/mol. The quantitative estimate of drug-likeness (QED) is 0.500. The molecule has 0 aliphatic carbocycles. The van der Waals surface area contributed by atoms with E-state index >= 15 is 0 Å². The molecule has 0 saturated heterocycles. The van der Waals surface area contributed by atoms with Gasteiger partial charge in [-0.15, -0.1) is 0 Å². The maximum Gasteiger partial charge on any atom is 5.00 e. The minimum atomic E-state index is 0. The zero-order valence-corrected chi connectivity index (χ0v) is 7.43. The molecule has 0 N–H and O–H groups in total. The van der Waals surface area contributed by atoms with Crippen molar-refractivity contribution in [2.24, 2.45) is 0 Å². The summed E-state index contributed by atoms with van der Waals surface area (Å²) in [6.07, 6.45) is 0. The van der Waals surface area contributed by atoms with Crippen LogP contribution < -0.4 is 0 Å². The van der Waals surface area contributed by atoms with Crippen LogP contribution in [0.25, 0.3) is 0 Å². The molecule has 0 aromatic carbocycles. The minimum Gasteiger partial charge on any atom is -2.00 e. The molecule has 0 aromatic rings. The van der Waals surface area contributed by atoms with Crippen molar-refractivity contribution in [1.29, 1.82) is 0 Å². The van der Waals surface area contributed by atoms with E-state index in [0.717, 1.165) is 0 Å². The Bertz CT molecular complexity index is 6.00. The van der Waals surface area contributed by atoms with E-state index in [0.29, 0.717) is 0 Å². The van der Waals surface area contributed by atoms with E-state index in [2.05, 4.69) is 0 Å². The molecule has 0 aromatic heterocycles. The molecular weight excluding hydrogens is 229 g/mol. The van der Waals surface area contributed by atoms with Crippen LogP contribution in [0.3, 0.4) is 0 Å². The number of hydrogen-bond acceptors (Lipinski definition) is 0. The predicted octanol–water partition coefficient (Wildman–Crippen LogP) is -0.505. The van der Waals surface area contributed by atoms with Gasteiger partial charge in [-0.25, -0.2) is 0 Å². The van der Waals surface area contributed by atoms with Gasteiger partial charge in [-0.1, -0.05) is 0 Å². The van der Waals surface area contributed by atoms with Crippen molar-refractivity contribution in [3.05, 3.63) is 0 Å². The summed E-state index contributed by atoms with van der Waals surface area (Å²) in [5.74, 6) is 0. The second-order valence-electron chi connectivity index (χ2n) is 0. The van der Waals surface area contributed by atoms with E-state index in [1.54, 1.807) is 0 Å². The van der Waals surface area contributed by atoms with Crippen LogP contribution >= 0.6 is 0 Å². The van der Waals surface area contributed by atoms with Crippen LogP contribution in [0.5, 0.6) is 0 Å². The van der Waals surface area contributed by atoms with Crippen LogP contribution in [0.2, 0.25) is 0 Å². The fraction of sp³-hybridized carbons (Fsp3) is 0. The van der Waals surface area contributed by atoms with E-state index in [9.17, 15) is 0 Å². The zero-order valence-electron chi connectivity index (χ0n) is 1.88. The number of hydrogen-bond donors (Lipinski definition) is 0. The summed E-state index contributed by atoms with van der Waals surface area (Å²) in [7, 11) is 0. The summed E-state index contributed by atoms with van der Waals surface area (Å²) in [6.45, 7) is 0. The van der Waals surface area contributed by atoms with E-state index in [-0.39, 0.29) is 67.6 Å². The third kappa shape index (κ3) is 9.02. The molecule has 0 heterocycles. The maximum absolute atomic E-state index is 0. The average Bonchev–Trinajstić information content (AvgIpc) is 0. The summed E-state index contributed by atoms with van der Waals surface area (Å²) in [6, 6.07) is 0. The van der Waals surface area contributed by atoms with Crippen molar-refractivity contribution in [1.82, 2.24) is 0 Å². The predicted molar refractivity (Wildman–Crippen MR) is 6.44 cm³/mol. The summed E-state index contributed by atoms with van der Waals surface area (Å²) in [5.41, 5.74) is 0. The SMILES string of the molecule is [Al+3].[Nb+5].[Nb+5].[O-2]. The molecule has 4 heavy (non-hydrogen) atoms. The van der Waals surface area contributed by atoms with Crippen molar-refractivity contribution in [3.8, 4) is 0 Å². The van der Waals surface area contributed by atoms with Crippen molar-refractivity contribution >= 4 is 17.4 Å². The molecule has 0 rings (SSSR count). The van der Waals surface area contributed by atoms with Crippen LogP contribution in [-0.2, 0) is 50.2 Å². The first kappa shape index (κ1) is 37.9. The first-order valence-corrected chi connectivity index (χ1v) is 0. The standard InChI is InChI=1S/Al.2Nb.O/q+3;2*+5;-2. The van der Waals surface area contributed by atoms with Gasteiger partial charge >= 0.3 is 62.1 Å². The first-order valence-electron chi connectivity index (χ1n) is 0. The molecule has 0 saturated carbocycles. The van der Waals surface area contributed by atoms with Crippen LogP contribution in [0, 0.1) is 0 Å². The van der Waals surface area contributed by atoms with E-state index < -0.39 is 0 Å². The molecule has 0 aliphatic rings. The van der Waals surface area contributed by atoms with Gasteiger partial charge in [0.25, 0.3) is 0 Å². The van der Waals surface area contributed by atoms with Crippen molar-refractivity contribution in [2.45, 2.75) is 0 Å². The van der Waals surface area contributed by atoms with Gasteiger partial charge in [0.1, 0.15) is 0 Å². The van der Waals surface area contributed by atoms with E-state index in [1.807, 2.05) is 0 Å². The number of rotatable bonds is 0. The molecule has 0 bridgehead atoms. The molecule has 0 fully saturated rings. The Morgan fingerprint density at radius 2 is 0.750 bits per heavy atom. The summed E-state index contributed by atoms with van der Waals surface area (Å²) < 4.78 is 0. The normalized spacial score (nSPS) is 0. The zero-order chi connectivity index (χ0) is 0. The van der Waals surface area contributed by atoms with Crippen molar-refractivity contribution in [2.75, 3.05) is 0 Å². The Hall–Kier alpha value is 1.97. The molecule has 0 spiro atoms. The van der Waals surface area contributed by atoms with Crippen molar-refractivity contribution < 1.29 is 50.2 Å². The topological polar surface area (TPSA) is 28.5 Å². The van der Waals surface area contributed by atoms with Gasteiger partial charge in [-0.3, -0.25) is 0 Å². The molecule has 0 aliphatic heterocycles. The molecule has 1 nitrogen and oxygen atoms in total. The molecule has 0 atom stereocenters. The Balaban J connectivity index is 0. The Morgan fingerprint density at radius 3 is 0.750 bits per heavy atom. The Kier molecular flexibility index (Phi) is 191. The van der Waals surface area contributed by atoms with Crippen LogP contribution in [0.15, 0.2) is 0 Å². The second-order valence-corrected chi connectivity index (χ2v) is 0. The smallest absolute Gasteiger partial charge is 2.00 e. The van der Waals surface area contributed by atoms with E-state index in [1.165, 1.54) is 0 Å². The van der Waals surface area contributed by atoms with Crippen LogP contribution in [-0.4, -0.2) is 17.4 Å². The molecule has 0 unspecified atom stereocenters. The minimum absolute atomic E-state index is 0. The molecule has 4 heteroatoms. The Labute approximate surface area is 67.0 Å². The fourth-order valence-electron chi connectivity index (χ4n) is 0. The largest absolute Gasteiger partial charge is 5.00 e. The van der Waals surface area contributed by atoms with Gasteiger partial charge in [-0.05, 0) is 0 Å². The van der Waals surface area contributed by atoms with Crippen LogP contribution in [0.1, 0.15) is 0 Å². The third-order valence-electron chi connectivity index (χ3n) is 0. The summed E-state index contributed by atoms with van der Waals surface area (Å²) in [5, 5.41) is 0. The second kappa shape index (κ2) is 20.2. The van der Waals surface area contributed by atoms with Gasteiger partial charge < -0.3 is 5.48 Å². The van der Waals surface area contributed by atoms with Crippen LogP contribution in [0.4, 0.5) is 0 Å². The van der Waals surface area contributed by atoms with Crippen molar-refractivity contribution in [3.63, 3.8) is 0 Å². The molecular formula is AlNb2O+11. The van der Waals surface area contributed by atoms with Gasteiger partial charge in [0.2, 0.25) is 0 Å². The van der Waals surface area contributed by atoms with Gasteiger partial charge in [0, 0.05) is 0 Å². The summed E-state index contributed by atoms with van der Waals surface area (Å²) >= 11 is 0. The Morgan fingerprint density at radius 1 is 0.750 bits per heavy atom. The fourth-order valence-corrected chi connectivity index (χ4v) is 0. The first-order chi connectivity index (χ1) is 0. The van der Waals surface area contributed by atoms with Gasteiger partial charge in [0.15, 0.2) is 0 Å². The third-order valence-corrected chi connectivity index (χ3v) is 0. The van der Waals surface area contributed by atoms with Gasteiger partial charge in [-0.2, -0.15) is 0 Å². The molecule has 0 radical (unpaired) electrons. The molecule has 0 amide bonds. The summed E-state index contributed by atoms with van der Waals surface area (Å²) in [4.78, 5) is 0.